The highest BCUT2D eigenvalue weighted by molar-refractivity contribution is 6.20. The van der Waals surface area contributed by atoms with Crippen molar-refractivity contribution in [1.82, 2.24) is 5.06 Å². The molecule has 1 heterocycles. The van der Waals surface area contributed by atoms with E-state index in [-0.39, 0.29) is 11.4 Å². The molecule has 0 aromatic carbocycles. The Labute approximate surface area is 79.5 Å². The van der Waals surface area contributed by atoms with E-state index in [1.807, 2.05) is 6.92 Å². The molecule has 0 aliphatic carbocycles. The van der Waals surface area contributed by atoms with E-state index in [1.54, 1.807) is 0 Å². The molecule has 1 saturated heterocycles. The topological polar surface area (TPSA) is 23.5 Å². The minimum atomic E-state index is 0.150. The van der Waals surface area contributed by atoms with Gasteiger partial charge in [0.1, 0.15) is 0 Å². The Kier molecular flexibility index (Phi) is 3.38. The quantitative estimate of drug-likeness (QED) is 0.678. The van der Waals surface area contributed by atoms with Gasteiger partial charge in [-0.1, -0.05) is 6.92 Å². The average molecular weight is 192 g/mol. The zero-order chi connectivity index (χ0) is 9.30. The first kappa shape index (κ1) is 10.3. The number of hydrogen-bond acceptors (Lipinski definition) is 2. The van der Waals surface area contributed by atoms with E-state index in [0.29, 0.717) is 12.0 Å². The van der Waals surface area contributed by atoms with Crippen molar-refractivity contribution in [2.75, 3.05) is 0 Å². The van der Waals surface area contributed by atoms with Crippen LogP contribution in [0.3, 0.4) is 0 Å². The fourth-order valence-electron chi connectivity index (χ4n) is 2.06. The summed E-state index contributed by atoms with van der Waals surface area (Å²) in [6.07, 6.45) is 1.95. The van der Waals surface area contributed by atoms with Gasteiger partial charge in [0.25, 0.3) is 0 Å². The van der Waals surface area contributed by atoms with E-state index in [2.05, 4.69) is 13.8 Å². The van der Waals surface area contributed by atoms with Crippen molar-refractivity contribution in [3.8, 4) is 0 Å². The second-order valence-corrected chi connectivity index (χ2v) is 4.77. The zero-order valence-corrected chi connectivity index (χ0v) is 8.75. The van der Waals surface area contributed by atoms with Crippen LogP contribution in [0.25, 0.3) is 0 Å². The number of halogens is 1. The van der Waals surface area contributed by atoms with Crippen LogP contribution in [0.5, 0.6) is 0 Å². The van der Waals surface area contributed by atoms with Crippen LogP contribution in [-0.2, 0) is 0 Å². The molecule has 0 saturated carbocycles. The van der Waals surface area contributed by atoms with Crippen molar-refractivity contribution < 1.29 is 5.21 Å². The van der Waals surface area contributed by atoms with E-state index in [0.717, 1.165) is 12.8 Å². The predicted octanol–water partition coefficient (Wildman–Crippen LogP) is 2.49. The maximum absolute atomic E-state index is 9.65. The third kappa shape index (κ3) is 2.12. The molecule has 2 nitrogen and oxygen atoms in total. The van der Waals surface area contributed by atoms with Crippen molar-refractivity contribution in [2.45, 2.75) is 51.1 Å². The molecule has 4 atom stereocenters. The van der Waals surface area contributed by atoms with Crippen molar-refractivity contribution in [2.24, 2.45) is 5.92 Å². The highest BCUT2D eigenvalue weighted by Crippen LogP contribution is 2.31. The Balaban J connectivity index is 2.51. The Hall–Kier alpha value is 0.210. The molecule has 0 spiro atoms. The lowest BCUT2D eigenvalue weighted by atomic mass is 9.98. The molecule has 3 heteroatoms. The first-order valence-corrected chi connectivity index (χ1v) is 5.07. The highest BCUT2D eigenvalue weighted by Gasteiger charge is 2.35. The van der Waals surface area contributed by atoms with Crippen LogP contribution in [0, 0.1) is 5.92 Å². The third-order valence-electron chi connectivity index (χ3n) is 2.73. The monoisotopic (exact) mass is 191 g/mol. The summed E-state index contributed by atoms with van der Waals surface area (Å²) in [5.41, 5.74) is 0. The molecule has 12 heavy (non-hydrogen) atoms. The van der Waals surface area contributed by atoms with Gasteiger partial charge in [0.2, 0.25) is 0 Å². The second kappa shape index (κ2) is 3.95. The molecule has 0 bridgehead atoms. The number of rotatable bonds is 2. The summed E-state index contributed by atoms with van der Waals surface area (Å²) in [4.78, 5) is 0. The van der Waals surface area contributed by atoms with E-state index in [4.69, 9.17) is 11.6 Å². The number of alkyl halides is 1. The highest BCUT2D eigenvalue weighted by atomic mass is 35.5. The van der Waals surface area contributed by atoms with Crippen LogP contribution in [0.15, 0.2) is 0 Å². The van der Waals surface area contributed by atoms with Gasteiger partial charge in [0, 0.05) is 17.5 Å². The lowest BCUT2D eigenvalue weighted by Gasteiger charge is -2.23. The summed E-state index contributed by atoms with van der Waals surface area (Å²) in [5.74, 6) is 0.561. The van der Waals surface area contributed by atoms with Crippen molar-refractivity contribution >= 4 is 11.6 Å². The summed E-state index contributed by atoms with van der Waals surface area (Å²) in [6, 6.07) is 0.549. The molecule has 1 fully saturated rings. The minimum absolute atomic E-state index is 0.150. The Morgan fingerprint density at radius 2 is 2.17 bits per heavy atom. The molecule has 72 valence electrons. The molecule has 1 aliphatic heterocycles. The summed E-state index contributed by atoms with van der Waals surface area (Å²) >= 11 is 5.90. The van der Waals surface area contributed by atoms with E-state index >= 15 is 0 Å². The Morgan fingerprint density at radius 3 is 2.50 bits per heavy atom. The van der Waals surface area contributed by atoms with Crippen LogP contribution in [0.4, 0.5) is 0 Å². The molecule has 0 aromatic rings. The molecule has 1 N–H and O–H groups in total. The largest absolute Gasteiger partial charge is 0.313 e. The van der Waals surface area contributed by atoms with E-state index in [9.17, 15) is 5.21 Å². The van der Waals surface area contributed by atoms with Crippen molar-refractivity contribution in [1.29, 1.82) is 0 Å². The molecular weight excluding hydrogens is 174 g/mol. The van der Waals surface area contributed by atoms with Gasteiger partial charge in [-0.05, 0) is 32.6 Å². The first-order valence-electron chi connectivity index (χ1n) is 4.63. The smallest absolute Gasteiger partial charge is 0.0393 e. The maximum Gasteiger partial charge on any atom is 0.0393 e. The summed E-state index contributed by atoms with van der Waals surface area (Å²) in [6.45, 7) is 6.21. The Morgan fingerprint density at radius 1 is 1.58 bits per heavy atom. The molecule has 1 aliphatic rings. The fourth-order valence-corrected chi connectivity index (χ4v) is 2.25. The van der Waals surface area contributed by atoms with Gasteiger partial charge in [-0.25, -0.2) is 0 Å². The van der Waals surface area contributed by atoms with Gasteiger partial charge in [0.05, 0.1) is 0 Å². The predicted molar refractivity (Wildman–Crippen MR) is 50.6 cm³/mol. The van der Waals surface area contributed by atoms with Gasteiger partial charge >= 0.3 is 0 Å². The maximum atomic E-state index is 9.65. The first-order chi connectivity index (χ1) is 5.52. The van der Waals surface area contributed by atoms with Gasteiger partial charge in [0.15, 0.2) is 0 Å². The molecule has 0 aromatic heterocycles. The summed E-state index contributed by atoms with van der Waals surface area (Å²) in [7, 11) is 0. The van der Waals surface area contributed by atoms with E-state index < -0.39 is 0 Å². The van der Waals surface area contributed by atoms with Crippen LogP contribution < -0.4 is 0 Å². The Bertz CT molecular complexity index is 151. The molecule has 0 amide bonds. The van der Waals surface area contributed by atoms with Gasteiger partial charge in [-0.3, -0.25) is 0 Å². The van der Waals surface area contributed by atoms with E-state index in [1.165, 1.54) is 5.06 Å². The standard InChI is InChI=1S/C9H18ClNO/c1-6-4-8(3)11(12)9(6)5-7(2)10/h6-9,12H,4-5H2,1-3H3/t6?,7-,8?,9?/m0/s1. The molecular formula is C9H18ClNO. The number of nitrogens with zero attached hydrogens (tertiary/aromatic N) is 1. The van der Waals surface area contributed by atoms with Gasteiger partial charge < -0.3 is 5.21 Å². The van der Waals surface area contributed by atoms with Crippen LogP contribution in [0.2, 0.25) is 0 Å². The number of hydrogen-bond donors (Lipinski definition) is 1. The average Bonchev–Trinajstić information content (AvgIpc) is 2.16. The van der Waals surface area contributed by atoms with Crippen LogP contribution >= 0.6 is 11.6 Å². The molecule has 1 rings (SSSR count). The van der Waals surface area contributed by atoms with Gasteiger partial charge in [-0.15, -0.1) is 11.6 Å². The lowest BCUT2D eigenvalue weighted by molar-refractivity contribution is -0.134. The zero-order valence-electron chi connectivity index (χ0n) is 8.00. The second-order valence-electron chi connectivity index (χ2n) is 4.03. The summed E-state index contributed by atoms with van der Waals surface area (Å²) < 4.78 is 0. The normalized spacial score (nSPS) is 40.2. The minimum Gasteiger partial charge on any atom is -0.313 e. The van der Waals surface area contributed by atoms with Crippen molar-refractivity contribution in [3.63, 3.8) is 0 Å². The number of hydroxylamine groups is 2. The summed E-state index contributed by atoms with van der Waals surface area (Å²) in [5, 5.41) is 11.3. The third-order valence-corrected chi connectivity index (χ3v) is 2.91. The van der Waals surface area contributed by atoms with Crippen LogP contribution in [-0.4, -0.2) is 27.7 Å². The van der Waals surface area contributed by atoms with Gasteiger partial charge in [-0.2, -0.15) is 5.06 Å². The van der Waals surface area contributed by atoms with Crippen LogP contribution in [0.1, 0.15) is 33.6 Å². The molecule has 3 unspecified atom stereocenters. The molecule has 0 radical (unpaired) electrons. The lowest BCUT2D eigenvalue weighted by Crippen LogP contribution is -2.34. The SMILES string of the molecule is CC1CC(C)N(O)C1C[C@H](C)Cl. The van der Waals surface area contributed by atoms with Crippen molar-refractivity contribution in [3.05, 3.63) is 0 Å². The fraction of sp³-hybridized carbons (Fsp3) is 1.00.